The summed E-state index contributed by atoms with van der Waals surface area (Å²) >= 11 is 19.1. The molecule has 0 saturated carbocycles. The van der Waals surface area contributed by atoms with Gasteiger partial charge in [0.15, 0.2) is 0 Å². The number of ether oxygens (including phenoxy) is 1. The molecule has 19 heavy (non-hydrogen) atoms. The van der Waals surface area contributed by atoms with Crippen LogP contribution in [0.1, 0.15) is 12.6 Å². The van der Waals surface area contributed by atoms with Crippen LogP contribution in [0.2, 0.25) is 15.1 Å². The fourth-order valence-electron chi connectivity index (χ4n) is 1.36. The van der Waals surface area contributed by atoms with Gasteiger partial charge in [-0.05, 0) is 13.0 Å². The summed E-state index contributed by atoms with van der Waals surface area (Å²) in [7, 11) is 0. The molecule has 8 heteroatoms. The monoisotopic (exact) mass is 337 g/mol. The van der Waals surface area contributed by atoms with Crippen molar-refractivity contribution >= 4 is 51.3 Å². The Morgan fingerprint density at radius 1 is 1.21 bits per heavy atom. The molecule has 1 aromatic carbocycles. The van der Waals surface area contributed by atoms with Gasteiger partial charge in [0.05, 0.1) is 15.1 Å². The molecule has 1 aromatic heterocycles. The van der Waals surface area contributed by atoms with Crippen LogP contribution in [0.3, 0.4) is 0 Å². The van der Waals surface area contributed by atoms with E-state index < -0.39 is 0 Å². The van der Waals surface area contributed by atoms with E-state index in [1.165, 1.54) is 11.5 Å². The van der Waals surface area contributed by atoms with Crippen molar-refractivity contribution in [3.05, 3.63) is 32.9 Å². The predicted molar refractivity (Wildman–Crippen MR) is 79.9 cm³/mol. The van der Waals surface area contributed by atoms with Crippen LogP contribution in [0.15, 0.2) is 12.1 Å². The predicted octanol–water partition coefficient (Wildman–Crippen LogP) is 4.51. The smallest absolute Gasteiger partial charge is 0.140 e. The number of anilines is 1. The van der Waals surface area contributed by atoms with Crippen LogP contribution >= 0.6 is 46.3 Å². The summed E-state index contributed by atoms with van der Waals surface area (Å²) in [6.45, 7) is 3.06. The van der Waals surface area contributed by atoms with Crippen molar-refractivity contribution in [2.75, 3.05) is 11.9 Å². The Kier molecular flexibility index (Phi) is 5.10. The van der Waals surface area contributed by atoms with Gasteiger partial charge in [-0.25, -0.2) is 0 Å². The van der Waals surface area contributed by atoms with E-state index in [4.69, 9.17) is 39.5 Å². The number of aromatic nitrogens is 2. The first-order valence-corrected chi connectivity index (χ1v) is 7.35. The standard InChI is InChI=1S/C11H10Cl3N3OS/c1-2-15-11-9(16-17-19-11)5-18-10-4-7(13)6(12)3-8(10)14/h3-4,15H,2,5H2,1H3. The van der Waals surface area contributed by atoms with Crippen LogP contribution in [0, 0.1) is 0 Å². The highest BCUT2D eigenvalue weighted by Gasteiger charge is 2.11. The summed E-state index contributed by atoms with van der Waals surface area (Å²) < 4.78 is 9.47. The molecule has 0 bridgehead atoms. The molecule has 2 rings (SSSR count). The second kappa shape index (κ2) is 6.61. The van der Waals surface area contributed by atoms with Gasteiger partial charge in [-0.3, -0.25) is 0 Å². The minimum atomic E-state index is 0.260. The van der Waals surface area contributed by atoms with Crippen LogP contribution in [-0.2, 0) is 6.61 Å². The SMILES string of the molecule is CCNc1snnc1COc1cc(Cl)c(Cl)cc1Cl. The molecule has 2 aromatic rings. The fraction of sp³-hybridized carbons (Fsp3) is 0.273. The van der Waals surface area contributed by atoms with Gasteiger partial charge in [-0.1, -0.05) is 39.3 Å². The third kappa shape index (κ3) is 3.63. The van der Waals surface area contributed by atoms with E-state index in [-0.39, 0.29) is 6.61 Å². The first kappa shape index (κ1) is 14.7. The number of nitrogens with zero attached hydrogens (tertiary/aromatic N) is 2. The topological polar surface area (TPSA) is 47.0 Å². The summed E-state index contributed by atoms with van der Waals surface area (Å²) in [4.78, 5) is 0. The van der Waals surface area contributed by atoms with Gasteiger partial charge in [0, 0.05) is 24.1 Å². The van der Waals surface area contributed by atoms with E-state index in [0.29, 0.717) is 20.8 Å². The van der Waals surface area contributed by atoms with Crippen molar-refractivity contribution in [2.24, 2.45) is 0 Å². The number of rotatable bonds is 5. The Morgan fingerprint density at radius 2 is 1.95 bits per heavy atom. The number of benzene rings is 1. The molecule has 0 aliphatic heterocycles. The van der Waals surface area contributed by atoms with Crippen LogP contribution in [0.5, 0.6) is 5.75 Å². The first-order valence-electron chi connectivity index (χ1n) is 5.44. The summed E-state index contributed by atoms with van der Waals surface area (Å²) in [6, 6.07) is 3.13. The van der Waals surface area contributed by atoms with Gasteiger partial charge in [0.25, 0.3) is 0 Å². The number of hydrogen-bond acceptors (Lipinski definition) is 5. The second-order valence-electron chi connectivity index (χ2n) is 3.56. The Morgan fingerprint density at radius 3 is 2.68 bits per heavy atom. The molecule has 0 spiro atoms. The molecule has 0 fully saturated rings. The average Bonchev–Trinajstić information content (AvgIpc) is 2.80. The molecule has 1 heterocycles. The number of halogens is 3. The Balaban J connectivity index is 2.10. The molecule has 0 unspecified atom stereocenters. The number of nitrogens with one attached hydrogen (secondary N) is 1. The molecule has 0 saturated heterocycles. The first-order chi connectivity index (χ1) is 9.11. The molecule has 0 atom stereocenters. The second-order valence-corrected chi connectivity index (χ2v) is 5.54. The zero-order valence-electron chi connectivity index (χ0n) is 9.91. The lowest BCUT2D eigenvalue weighted by molar-refractivity contribution is 0.302. The lowest BCUT2D eigenvalue weighted by atomic mass is 10.3. The van der Waals surface area contributed by atoms with E-state index in [1.807, 2.05) is 6.92 Å². The van der Waals surface area contributed by atoms with Crippen molar-refractivity contribution in [2.45, 2.75) is 13.5 Å². The van der Waals surface area contributed by atoms with Crippen molar-refractivity contribution in [3.63, 3.8) is 0 Å². The van der Waals surface area contributed by atoms with E-state index in [1.54, 1.807) is 12.1 Å². The third-order valence-corrected chi connectivity index (χ3v) is 3.98. The minimum absolute atomic E-state index is 0.260. The summed E-state index contributed by atoms with van der Waals surface area (Å²) in [5.74, 6) is 0.464. The van der Waals surface area contributed by atoms with Gasteiger partial charge in [-0.2, -0.15) is 0 Å². The average molecular weight is 339 g/mol. The summed E-state index contributed by atoms with van der Waals surface area (Å²) in [6.07, 6.45) is 0. The normalized spacial score (nSPS) is 10.5. The Labute approximate surface area is 129 Å². The lowest BCUT2D eigenvalue weighted by Crippen LogP contribution is -2.02. The van der Waals surface area contributed by atoms with Gasteiger partial charge >= 0.3 is 0 Å². The minimum Gasteiger partial charge on any atom is -0.485 e. The molecule has 0 aliphatic carbocycles. The van der Waals surface area contributed by atoms with E-state index in [2.05, 4.69) is 14.9 Å². The Hall–Kier alpha value is -0.750. The molecule has 0 amide bonds. The Bertz CT molecular complexity index is 576. The molecule has 0 aliphatic rings. The van der Waals surface area contributed by atoms with Gasteiger partial charge < -0.3 is 10.1 Å². The highest BCUT2D eigenvalue weighted by atomic mass is 35.5. The zero-order valence-corrected chi connectivity index (χ0v) is 13.0. The molecular formula is C11H10Cl3N3OS. The largest absolute Gasteiger partial charge is 0.485 e. The van der Waals surface area contributed by atoms with Crippen LogP contribution in [-0.4, -0.2) is 16.1 Å². The maximum absolute atomic E-state index is 6.03. The molecule has 102 valence electrons. The van der Waals surface area contributed by atoms with Gasteiger partial charge in [-0.15, -0.1) is 5.10 Å². The highest BCUT2D eigenvalue weighted by molar-refractivity contribution is 7.10. The third-order valence-electron chi connectivity index (χ3n) is 2.23. The maximum Gasteiger partial charge on any atom is 0.140 e. The molecular weight excluding hydrogens is 329 g/mol. The van der Waals surface area contributed by atoms with Gasteiger partial charge in [0.1, 0.15) is 23.1 Å². The van der Waals surface area contributed by atoms with Crippen LogP contribution in [0.4, 0.5) is 5.00 Å². The van der Waals surface area contributed by atoms with Crippen molar-refractivity contribution in [3.8, 4) is 5.75 Å². The molecule has 0 radical (unpaired) electrons. The van der Waals surface area contributed by atoms with Crippen molar-refractivity contribution in [1.82, 2.24) is 9.59 Å². The fourth-order valence-corrected chi connectivity index (χ4v) is 2.59. The maximum atomic E-state index is 6.03. The zero-order chi connectivity index (χ0) is 13.8. The summed E-state index contributed by atoms with van der Waals surface area (Å²) in [5, 5.41) is 9.24. The quantitative estimate of drug-likeness (QED) is 0.815. The van der Waals surface area contributed by atoms with Crippen molar-refractivity contribution in [1.29, 1.82) is 0 Å². The molecule has 1 N–H and O–H groups in total. The highest BCUT2D eigenvalue weighted by Crippen LogP contribution is 2.34. The van der Waals surface area contributed by atoms with Crippen molar-refractivity contribution < 1.29 is 4.74 Å². The van der Waals surface area contributed by atoms with E-state index in [9.17, 15) is 0 Å². The summed E-state index contributed by atoms with van der Waals surface area (Å²) in [5.41, 5.74) is 0.731. The molecule has 4 nitrogen and oxygen atoms in total. The van der Waals surface area contributed by atoms with Crippen LogP contribution < -0.4 is 10.1 Å². The lowest BCUT2D eigenvalue weighted by Gasteiger charge is -2.09. The number of hydrogen-bond donors (Lipinski definition) is 1. The van der Waals surface area contributed by atoms with Crippen LogP contribution in [0.25, 0.3) is 0 Å². The van der Waals surface area contributed by atoms with Gasteiger partial charge in [0.2, 0.25) is 0 Å². The van der Waals surface area contributed by atoms with E-state index in [0.717, 1.165) is 17.2 Å². The van der Waals surface area contributed by atoms with E-state index >= 15 is 0 Å².